The van der Waals surface area contributed by atoms with Crippen LogP contribution in [0.1, 0.15) is 35.4 Å². The molecule has 2 heterocycles. The van der Waals surface area contributed by atoms with Crippen LogP contribution >= 0.6 is 12.2 Å². The van der Waals surface area contributed by atoms with E-state index < -0.39 is 0 Å². The van der Waals surface area contributed by atoms with Gasteiger partial charge >= 0.3 is 0 Å². The van der Waals surface area contributed by atoms with Crippen molar-refractivity contribution < 1.29 is 0 Å². The molecule has 2 aromatic carbocycles. The van der Waals surface area contributed by atoms with Gasteiger partial charge in [-0.15, -0.1) is 0 Å². The molecule has 26 heavy (non-hydrogen) atoms. The van der Waals surface area contributed by atoms with Crippen LogP contribution in [0.5, 0.6) is 0 Å². The number of benzene rings is 2. The van der Waals surface area contributed by atoms with Crippen molar-refractivity contribution in [2.75, 3.05) is 25.5 Å². The van der Waals surface area contributed by atoms with Crippen molar-refractivity contribution in [3.05, 3.63) is 65.4 Å². The van der Waals surface area contributed by atoms with Crippen LogP contribution in [0.3, 0.4) is 0 Å². The van der Waals surface area contributed by atoms with Gasteiger partial charge in [-0.1, -0.05) is 42.0 Å². The van der Waals surface area contributed by atoms with E-state index in [2.05, 4.69) is 77.8 Å². The Bertz CT molecular complexity index is 918. The van der Waals surface area contributed by atoms with Gasteiger partial charge in [0.2, 0.25) is 0 Å². The number of aryl methyl sites for hydroxylation is 1. The fraction of sp³-hybridized carbons (Fsp3) is 0.318. The first-order chi connectivity index (χ1) is 12.6. The zero-order chi connectivity index (χ0) is 18.1. The highest BCUT2D eigenvalue weighted by atomic mass is 32.1. The van der Waals surface area contributed by atoms with Crippen molar-refractivity contribution in [2.24, 2.45) is 0 Å². The van der Waals surface area contributed by atoms with Crippen LogP contribution in [-0.4, -0.2) is 35.0 Å². The smallest absolute Gasteiger partial charge is 0.110 e. The van der Waals surface area contributed by atoms with Crippen LogP contribution in [0.4, 0.5) is 5.69 Å². The second kappa shape index (κ2) is 7.22. The highest BCUT2D eigenvalue weighted by molar-refractivity contribution is 7.81. The molecule has 4 heteroatoms. The zero-order valence-corrected chi connectivity index (χ0v) is 16.2. The Morgan fingerprint density at radius 1 is 1.12 bits per heavy atom. The number of aromatic nitrogens is 1. The van der Waals surface area contributed by atoms with Crippen LogP contribution in [0.2, 0.25) is 0 Å². The summed E-state index contributed by atoms with van der Waals surface area (Å²) < 4.78 is 0. The molecule has 3 aromatic rings. The highest BCUT2D eigenvalue weighted by Gasteiger charge is 2.21. The van der Waals surface area contributed by atoms with Gasteiger partial charge in [-0.3, -0.25) is 0 Å². The molecule has 0 spiro atoms. The maximum absolute atomic E-state index is 5.59. The minimum atomic E-state index is 0.638. The lowest BCUT2D eigenvalue weighted by atomic mass is 9.89. The van der Waals surface area contributed by atoms with E-state index in [1.165, 1.54) is 48.0 Å². The lowest BCUT2D eigenvalue weighted by Gasteiger charge is -2.28. The Labute approximate surface area is 160 Å². The summed E-state index contributed by atoms with van der Waals surface area (Å²) in [5.74, 6) is 0.638. The number of nitrogens with one attached hydrogen (secondary N) is 2. The molecular formula is C22H25N3S. The Kier molecular flexibility index (Phi) is 4.79. The van der Waals surface area contributed by atoms with Crippen molar-refractivity contribution >= 4 is 33.8 Å². The molecule has 4 rings (SSSR count). The molecule has 0 amide bonds. The number of rotatable bonds is 3. The van der Waals surface area contributed by atoms with E-state index in [1.54, 1.807) is 0 Å². The van der Waals surface area contributed by atoms with Gasteiger partial charge in [-0.05, 0) is 69.6 Å². The van der Waals surface area contributed by atoms with Crippen molar-refractivity contribution in [3.63, 3.8) is 0 Å². The molecule has 1 aliphatic rings. The van der Waals surface area contributed by atoms with Gasteiger partial charge < -0.3 is 15.2 Å². The molecule has 1 aromatic heterocycles. The second-order valence-corrected chi connectivity index (χ2v) is 7.81. The van der Waals surface area contributed by atoms with E-state index >= 15 is 0 Å². The minimum absolute atomic E-state index is 0.638. The Hall–Kier alpha value is -2.17. The number of piperidine rings is 1. The van der Waals surface area contributed by atoms with Crippen LogP contribution in [0, 0.1) is 6.92 Å². The molecule has 0 atom stereocenters. The lowest BCUT2D eigenvalue weighted by molar-refractivity contribution is 0.256. The summed E-state index contributed by atoms with van der Waals surface area (Å²) in [6, 6.07) is 14.8. The van der Waals surface area contributed by atoms with Crippen LogP contribution < -0.4 is 5.32 Å². The van der Waals surface area contributed by atoms with E-state index in [4.69, 9.17) is 12.2 Å². The maximum Gasteiger partial charge on any atom is 0.110 e. The highest BCUT2D eigenvalue weighted by Crippen LogP contribution is 2.34. The number of aromatic amines is 1. The first-order valence-electron chi connectivity index (χ1n) is 9.28. The van der Waals surface area contributed by atoms with Crippen molar-refractivity contribution in [2.45, 2.75) is 25.7 Å². The van der Waals surface area contributed by atoms with Gasteiger partial charge in [0.15, 0.2) is 0 Å². The normalized spacial score (nSPS) is 16.1. The summed E-state index contributed by atoms with van der Waals surface area (Å²) in [5, 5.41) is 4.72. The van der Waals surface area contributed by atoms with Gasteiger partial charge in [0.05, 0.1) is 0 Å². The van der Waals surface area contributed by atoms with Crippen LogP contribution in [0.25, 0.3) is 10.9 Å². The van der Waals surface area contributed by atoms with Gasteiger partial charge in [0, 0.05) is 28.4 Å². The minimum Gasteiger partial charge on any atom is -0.361 e. The molecule has 0 saturated carbocycles. The van der Waals surface area contributed by atoms with Gasteiger partial charge in [0.1, 0.15) is 4.99 Å². The zero-order valence-electron chi connectivity index (χ0n) is 15.4. The average molecular weight is 364 g/mol. The van der Waals surface area contributed by atoms with E-state index in [1.807, 2.05) is 0 Å². The predicted octanol–water partition coefficient (Wildman–Crippen LogP) is 5.07. The third-order valence-electron chi connectivity index (χ3n) is 5.44. The van der Waals surface area contributed by atoms with E-state index in [0.717, 1.165) is 16.2 Å². The molecular weight excluding hydrogens is 338 g/mol. The summed E-state index contributed by atoms with van der Waals surface area (Å²) in [6.07, 6.45) is 4.65. The number of thiocarbonyl (C=S) groups is 1. The summed E-state index contributed by atoms with van der Waals surface area (Å²) in [7, 11) is 2.21. The number of hydrogen-bond acceptors (Lipinski definition) is 2. The van der Waals surface area contributed by atoms with E-state index in [9.17, 15) is 0 Å². The topological polar surface area (TPSA) is 31.1 Å². The average Bonchev–Trinajstić information content (AvgIpc) is 3.06. The summed E-state index contributed by atoms with van der Waals surface area (Å²) in [5.41, 5.74) is 5.99. The predicted molar refractivity (Wildman–Crippen MR) is 114 cm³/mol. The Morgan fingerprint density at radius 3 is 2.58 bits per heavy atom. The number of nitrogens with zero attached hydrogens (tertiary/aromatic N) is 1. The summed E-state index contributed by atoms with van der Waals surface area (Å²) >= 11 is 5.59. The van der Waals surface area contributed by atoms with Gasteiger partial charge in [0.25, 0.3) is 0 Å². The molecule has 1 fully saturated rings. The first kappa shape index (κ1) is 17.3. The SMILES string of the molecule is Cc1ccc(C(=S)Nc2ccc3[nH]cc(C4CCN(C)CC4)c3c2)cc1. The Morgan fingerprint density at radius 2 is 1.85 bits per heavy atom. The number of H-pyrrole nitrogens is 1. The molecule has 0 unspecified atom stereocenters. The number of likely N-dealkylation sites (tertiary alicyclic amines) is 1. The monoisotopic (exact) mass is 363 g/mol. The Balaban J connectivity index is 1.57. The number of anilines is 1. The summed E-state index contributed by atoms with van der Waals surface area (Å²) in [6.45, 7) is 4.43. The largest absolute Gasteiger partial charge is 0.361 e. The lowest BCUT2D eigenvalue weighted by Crippen LogP contribution is -2.29. The number of fused-ring (bicyclic) bond motifs is 1. The molecule has 2 N–H and O–H groups in total. The third kappa shape index (κ3) is 3.53. The van der Waals surface area contributed by atoms with E-state index in [-0.39, 0.29) is 0 Å². The summed E-state index contributed by atoms with van der Waals surface area (Å²) in [4.78, 5) is 6.62. The molecule has 1 saturated heterocycles. The fourth-order valence-corrected chi connectivity index (χ4v) is 4.04. The van der Waals surface area contributed by atoms with Gasteiger partial charge in [-0.25, -0.2) is 0 Å². The van der Waals surface area contributed by atoms with Gasteiger partial charge in [-0.2, -0.15) is 0 Å². The quantitative estimate of drug-likeness (QED) is 0.637. The standard InChI is InChI=1S/C22H25N3S/c1-15-3-5-17(6-4-15)22(26)24-18-7-8-21-19(13-18)20(14-23-21)16-9-11-25(2)12-10-16/h3-8,13-14,16,23H,9-12H2,1-2H3,(H,24,26). The molecule has 0 radical (unpaired) electrons. The van der Waals surface area contributed by atoms with Crippen LogP contribution in [-0.2, 0) is 0 Å². The second-order valence-electron chi connectivity index (χ2n) is 7.40. The fourth-order valence-electron chi connectivity index (χ4n) is 3.79. The van der Waals surface area contributed by atoms with Crippen LogP contribution in [0.15, 0.2) is 48.7 Å². The molecule has 3 nitrogen and oxygen atoms in total. The van der Waals surface area contributed by atoms with Crippen molar-refractivity contribution in [3.8, 4) is 0 Å². The molecule has 1 aliphatic heterocycles. The third-order valence-corrected chi connectivity index (χ3v) is 5.78. The molecule has 0 aliphatic carbocycles. The molecule has 134 valence electrons. The molecule has 0 bridgehead atoms. The van der Waals surface area contributed by atoms with Crippen molar-refractivity contribution in [1.82, 2.24) is 9.88 Å². The van der Waals surface area contributed by atoms with E-state index in [0.29, 0.717) is 5.92 Å². The first-order valence-corrected chi connectivity index (χ1v) is 9.68. The maximum atomic E-state index is 5.59. The van der Waals surface area contributed by atoms with Crippen molar-refractivity contribution in [1.29, 1.82) is 0 Å². The number of hydrogen-bond donors (Lipinski definition) is 2.